The topological polar surface area (TPSA) is 32.7 Å². The van der Waals surface area contributed by atoms with Crippen molar-refractivity contribution in [2.24, 2.45) is 0 Å². The molecule has 0 bridgehead atoms. The van der Waals surface area contributed by atoms with Gasteiger partial charge in [0, 0.05) is 19.6 Å². The summed E-state index contributed by atoms with van der Waals surface area (Å²) in [5.74, 6) is 0. The SMILES string of the molecule is OCCN1CCOC(c2ccccc2)C1. The zero-order valence-electron chi connectivity index (χ0n) is 8.80. The molecule has 1 unspecified atom stereocenters. The summed E-state index contributed by atoms with van der Waals surface area (Å²) in [6.45, 7) is 3.52. The summed E-state index contributed by atoms with van der Waals surface area (Å²) in [6, 6.07) is 10.3. The lowest BCUT2D eigenvalue weighted by Crippen LogP contribution is -2.39. The molecular weight excluding hydrogens is 190 g/mol. The van der Waals surface area contributed by atoms with Crippen LogP contribution in [0.4, 0.5) is 0 Å². The fourth-order valence-corrected chi connectivity index (χ4v) is 1.92. The molecule has 1 fully saturated rings. The van der Waals surface area contributed by atoms with Crippen LogP contribution in [0.5, 0.6) is 0 Å². The first kappa shape index (κ1) is 10.6. The highest BCUT2D eigenvalue weighted by atomic mass is 16.5. The largest absolute Gasteiger partial charge is 0.395 e. The Labute approximate surface area is 90.3 Å². The summed E-state index contributed by atoms with van der Waals surface area (Å²) in [6.07, 6.45) is 0.159. The summed E-state index contributed by atoms with van der Waals surface area (Å²) in [7, 11) is 0. The minimum atomic E-state index is 0.159. The summed E-state index contributed by atoms with van der Waals surface area (Å²) in [5, 5.41) is 8.89. The Balaban J connectivity index is 1.98. The molecule has 1 aliphatic rings. The lowest BCUT2D eigenvalue weighted by molar-refractivity contribution is -0.0337. The predicted octanol–water partition coefficient (Wildman–Crippen LogP) is 1.05. The van der Waals surface area contributed by atoms with Gasteiger partial charge in [-0.25, -0.2) is 0 Å². The van der Waals surface area contributed by atoms with Crippen LogP contribution in [0.2, 0.25) is 0 Å². The summed E-state index contributed by atoms with van der Waals surface area (Å²) < 4.78 is 5.72. The average Bonchev–Trinajstić information content (AvgIpc) is 2.31. The van der Waals surface area contributed by atoms with Gasteiger partial charge >= 0.3 is 0 Å². The Morgan fingerprint density at radius 3 is 2.87 bits per heavy atom. The first-order valence-corrected chi connectivity index (χ1v) is 5.40. The van der Waals surface area contributed by atoms with Crippen molar-refractivity contribution in [3.8, 4) is 0 Å². The molecule has 3 nitrogen and oxygen atoms in total. The average molecular weight is 207 g/mol. The van der Waals surface area contributed by atoms with Gasteiger partial charge < -0.3 is 9.84 Å². The number of rotatable bonds is 3. The minimum absolute atomic E-state index is 0.159. The fourth-order valence-electron chi connectivity index (χ4n) is 1.92. The molecule has 0 spiro atoms. The fraction of sp³-hybridized carbons (Fsp3) is 0.500. The summed E-state index contributed by atoms with van der Waals surface area (Å²) in [5.41, 5.74) is 1.22. The highest BCUT2D eigenvalue weighted by Gasteiger charge is 2.20. The van der Waals surface area contributed by atoms with Crippen molar-refractivity contribution in [3.05, 3.63) is 35.9 Å². The summed E-state index contributed by atoms with van der Waals surface area (Å²) in [4.78, 5) is 2.24. The highest BCUT2D eigenvalue weighted by Crippen LogP contribution is 2.21. The molecule has 1 aliphatic heterocycles. The number of morpholine rings is 1. The summed E-state index contributed by atoms with van der Waals surface area (Å²) >= 11 is 0. The van der Waals surface area contributed by atoms with E-state index in [9.17, 15) is 0 Å². The lowest BCUT2D eigenvalue weighted by atomic mass is 10.1. The number of hydrogen-bond donors (Lipinski definition) is 1. The van der Waals surface area contributed by atoms with Gasteiger partial charge in [0.1, 0.15) is 0 Å². The van der Waals surface area contributed by atoms with Crippen molar-refractivity contribution in [2.75, 3.05) is 32.8 Å². The van der Waals surface area contributed by atoms with Gasteiger partial charge in [0.05, 0.1) is 19.3 Å². The standard InChI is InChI=1S/C12H17NO2/c14-8-6-13-7-9-15-12(10-13)11-4-2-1-3-5-11/h1-5,12,14H,6-10H2. The Bertz CT molecular complexity index is 287. The minimum Gasteiger partial charge on any atom is -0.395 e. The van der Waals surface area contributed by atoms with Crippen LogP contribution >= 0.6 is 0 Å². The van der Waals surface area contributed by atoms with Crippen molar-refractivity contribution in [1.82, 2.24) is 4.90 Å². The number of β-amino-alcohol motifs (C(OH)–C–C–N with tert-alkyl or cyclic N) is 1. The molecule has 82 valence electrons. The number of hydrogen-bond acceptors (Lipinski definition) is 3. The lowest BCUT2D eigenvalue weighted by Gasteiger charge is -2.32. The number of nitrogens with zero attached hydrogens (tertiary/aromatic N) is 1. The number of benzene rings is 1. The van der Waals surface area contributed by atoms with E-state index in [-0.39, 0.29) is 12.7 Å². The molecule has 0 aliphatic carbocycles. The number of aliphatic hydroxyl groups is 1. The maximum atomic E-state index is 8.89. The van der Waals surface area contributed by atoms with E-state index in [1.807, 2.05) is 18.2 Å². The molecule has 1 atom stereocenters. The first-order valence-electron chi connectivity index (χ1n) is 5.40. The van der Waals surface area contributed by atoms with E-state index >= 15 is 0 Å². The van der Waals surface area contributed by atoms with Gasteiger partial charge in [-0.15, -0.1) is 0 Å². The van der Waals surface area contributed by atoms with E-state index in [2.05, 4.69) is 17.0 Å². The van der Waals surface area contributed by atoms with E-state index in [4.69, 9.17) is 9.84 Å². The zero-order chi connectivity index (χ0) is 10.5. The van der Waals surface area contributed by atoms with Crippen molar-refractivity contribution in [2.45, 2.75) is 6.10 Å². The van der Waals surface area contributed by atoms with Crippen LogP contribution < -0.4 is 0 Å². The first-order chi connectivity index (χ1) is 7.40. The van der Waals surface area contributed by atoms with E-state index in [1.54, 1.807) is 0 Å². The molecule has 1 N–H and O–H groups in total. The molecule has 1 saturated heterocycles. The van der Waals surface area contributed by atoms with Crippen molar-refractivity contribution in [3.63, 3.8) is 0 Å². The molecule has 1 aromatic carbocycles. The molecular formula is C12H17NO2. The Hall–Kier alpha value is -0.900. The molecule has 0 amide bonds. The van der Waals surface area contributed by atoms with E-state index in [1.165, 1.54) is 5.56 Å². The van der Waals surface area contributed by atoms with Crippen LogP contribution in [0.15, 0.2) is 30.3 Å². The molecule has 1 aromatic rings. The van der Waals surface area contributed by atoms with Gasteiger partial charge in [0.25, 0.3) is 0 Å². The van der Waals surface area contributed by atoms with Crippen LogP contribution in [0.1, 0.15) is 11.7 Å². The van der Waals surface area contributed by atoms with Gasteiger partial charge in [0.15, 0.2) is 0 Å². The quantitative estimate of drug-likeness (QED) is 0.804. The smallest absolute Gasteiger partial charge is 0.0952 e. The van der Waals surface area contributed by atoms with Crippen molar-refractivity contribution < 1.29 is 9.84 Å². The van der Waals surface area contributed by atoms with Crippen LogP contribution in [0.25, 0.3) is 0 Å². The zero-order valence-corrected chi connectivity index (χ0v) is 8.80. The third-order valence-corrected chi connectivity index (χ3v) is 2.74. The highest BCUT2D eigenvalue weighted by molar-refractivity contribution is 5.18. The number of aliphatic hydroxyl groups excluding tert-OH is 1. The van der Waals surface area contributed by atoms with E-state index in [0.29, 0.717) is 0 Å². The van der Waals surface area contributed by atoms with Gasteiger partial charge in [0.2, 0.25) is 0 Å². The molecule has 3 heteroatoms. The van der Waals surface area contributed by atoms with Crippen LogP contribution in [0.3, 0.4) is 0 Å². The second kappa shape index (κ2) is 5.26. The van der Waals surface area contributed by atoms with Crippen LogP contribution in [-0.2, 0) is 4.74 Å². The van der Waals surface area contributed by atoms with Gasteiger partial charge in [-0.05, 0) is 5.56 Å². The Morgan fingerprint density at radius 2 is 2.13 bits per heavy atom. The van der Waals surface area contributed by atoms with Gasteiger partial charge in [-0.3, -0.25) is 4.90 Å². The molecule has 15 heavy (non-hydrogen) atoms. The van der Waals surface area contributed by atoms with E-state index in [0.717, 1.165) is 26.2 Å². The van der Waals surface area contributed by atoms with Gasteiger partial charge in [-0.2, -0.15) is 0 Å². The normalized spacial score (nSPS) is 22.9. The molecule has 1 heterocycles. The maximum absolute atomic E-state index is 8.89. The maximum Gasteiger partial charge on any atom is 0.0952 e. The third kappa shape index (κ3) is 2.78. The van der Waals surface area contributed by atoms with E-state index < -0.39 is 0 Å². The molecule has 2 rings (SSSR count). The van der Waals surface area contributed by atoms with Gasteiger partial charge in [-0.1, -0.05) is 30.3 Å². The Morgan fingerprint density at radius 1 is 1.33 bits per heavy atom. The number of ether oxygens (including phenoxy) is 1. The van der Waals surface area contributed by atoms with Crippen LogP contribution in [0, 0.1) is 0 Å². The Kier molecular flexibility index (Phi) is 3.72. The van der Waals surface area contributed by atoms with Crippen molar-refractivity contribution >= 4 is 0 Å². The third-order valence-electron chi connectivity index (χ3n) is 2.74. The molecule has 0 aromatic heterocycles. The molecule has 0 radical (unpaired) electrons. The monoisotopic (exact) mass is 207 g/mol. The predicted molar refractivity (Wildman–Crippen MR) is 58.7 cm³/mol. The second-order valence-electron chi connectivity index (χ2n) is 3.79. The van der Waals surface area contributed by atoms with Crippen molar-refractivity contribution in [1.29, 1.82) is 0 Å². The second-order valence-corrected chi connectivity index (χ2v) is 3.79. The molecule has 0 saturated carbocycles. The van der Waals surface area contributed by atoms with Crippen LogP contribution in [-0.4, -0.2) is 42.9 Å².